The number of allylic oxidation sites excluding steroid dienone is 2. The molecule has 0 radical (unpaired) electrons. The maximum absolute atomic E-state index is 10.1. The fraction of sp³-hybridized carbons (Fsp3) is 0.600. The molecule has 4 heteroatoms. The van der Waals surface area contributed by atoms with Crippen LogP contribution in [-0.2, 0) is 9.09 Å². The summed E-state index contributed by atoms with van der Waals surface area (Å²) in [6.07, 6.45) is 4.70. The van der Waals surface area contributed by atoms with Gasteiger partial charge in [-0.1, -0.05) is 0 Å². The van der Waals surface area contributed by atoms with Crippen LogP contribution in [0.4, 0.5) is 0 Å². The minimum Gasteiger partial charge on any atom is -0.431 e. The summed E-state index contributed by atoms with van der Waals surface area (Å²) in [6.45, 7) is 0. The molecule has 1 aliphatic carbocycles. The zero-order valence-corrected chi connectivity index (χ0v) is 5.96. The largest absolute Gasteiger partial charge is 0.431 e. The Morgan fingerprint density at radius 2 is 2.56 bits per heavy atom. The molecule has 3 nitrogen and oxygen atoms in total. The molecule has 0 spiro atoms. The second-order valence-corrected chi connectivity index (χ2v) is 2.67. The van der Waals surface area contributed by atoms with E-state index in [0.29, 0.717) is 5.76 Å². The fourth-order valence-electron chi connectivity index (χ4n) is 0.846. The molecular formula is C5H9O3P. The second kappa shape index (κ2) is 3.04. The SMILES string of the molecule is O=[PH](O)OC1=CCCC1. The van der Waals surface area contributed by atoms with Crippen LogP contribution in [0.1, 0.15) is 19.3 Å². The molecule has 0 saturated carbocycles. The Morgan fingerprint density at radius 3 is 3.00 bits per heavy atom. The van der Waals surface area contributed by atoms with Gasteiger partial charge in [0.1, 0.15) is 5.76 Å². The number of rotatable bonds is 2. The molecule has 1 aliphatic rings. The van der Waals surface area contributed by atoms with E-state index in [1.54, 1.807) is 0 Å². The highest BCUT2D eigenvalue weighted by Gasteiger charge is 2.06. The highest BCUT2D eigenvalue weighted by Crippen LogP contribution is 2.27. The van der Waals surface area contributed by atoms with E-state index in [-0.39, 0.29) is 0 Å². The van der Waals surface area contributed by atoms with Crippen LogP contribution in [0.15, 0.2) is 11.8 Å². The smallest absolute Gasteiger partial charge is 0.364 e. The minimum atomic E-state index is -2.74. The van der Waals surface area contributed by atoms with E-state index in [9.17, 15) is 4.57 Å². The normalized spacial score (nSPS) is 21.2. The summed E-state index contributed by atoms with van der Waals surface area (Å²) >= 11 is 0. The van der Waals surface area contributed by atoms with Crippen molar-refractivity contribution < 1.29 is 14.0 Å². The first-order chi connectivity index (χ1) is 4.29. The lowest BCUT2D eigenvalue weighted by Crippen LogP contribution is -1.76. The van der Waals surface area contributed by atoms with Gasteiger partial charge in [-0.3, -0.25) is 0 Å². The Labute approximate surface area is 54.3 Å². The highest BCUT2D eigenvalue weighted by atomic mass is 31.1. The molecular weight excluding hydrogens is 139 g/mol. The van der Waals surface area contributed by atoms with Gasteiger partial charge in [0.2, 0.25) is 0 Å². The quantitative estimate of drug-likeness (QED) is 0.603. The monoisotopic (exact) mass is 148 g/mol. The van der Waals surface area contributed by atoms with Gasteiger partial charge in [-0.05, 0) is 18.9 Å². The Balaban J connectivity index is 2.35. The van der Waals surface area contributed by atoms with Crippen LogP contribution in [0.25, 0.3) is 0 Å². The summed E-state index contributed by atoms with van der Waals surface area (Å²) in [7, 11) is -2.74. The fourth-order valence-corrected chi connectivity index (χ4v) is 1.26. The average Bonchev–Trinajstić information content (AvgIpc) is 2.15. The van der Waals surface area contributed by atoms with Crippen LogP contribution in [0, 0.1) is 0 Å². The third kappa shape index (κ3) is 2.20. The van der Waals surface area contributed by atoms with Gasteiger partial charge < -0.3 is 9.42 Å². The van der Waals surface area contributed by atoms with E-state index in [0.717, 1.165) is 19.3 Å². The molecule has 0 aromatic rings. The first-order valence-corrected chi connectivity index (χ1v) is 4.15. The first kappa shape index (κ1) is 6.84. The molecule has 0 aromatic heterocycles. The summed E-state index contributed by atoms with van der Waals surface area (Å²) in [6, 6.07) is 0. The van der Waals surface area contributed by atoms with Gasteiger partial charge in [0.25, 0.3) is 0 Å². The lowest BCUT2D eigenvalue weighted by molar-refractivity contribution is 0.345. The van der Waals surface area contributed by atoms with Crippen molar-refractivity contribution in [1.29, 1.82) is 0 Å². The number of hydrogen-bond acceptors (Lipinski definition) is 2. The van der Waals surface area contributed by atoms with Gasteiger partial charge in [-0.25, -0.2) is 4.57 Å². The Hall–Kier alpha value is -0.270. The standard InChI is InChI=1S/C5H9O3P/c6-9(7)8-5-3-1-2-4-5/h3,9H,1-2,4H2,(H,6,7). The van der Waals surface area contributed by atoms with Crippen LogP contribution in [0.5, 0.6) is 0 Å². The molecule has 1 N–H and O–H groups in total. The van der Waals surface area contributed by atoms with Gasteiger partial charge in [0.15, 0.2) is 0 Å². The average molecular weight is 148 g/mol. The van der Waals surface area contributed by atoms with Gasteiger partial charge in [0.05, 0.1) is 0 Å². The predicted octanol–water partition coefficient (Wildman–Crippen LogP) is 1.45. The van der Waals surface area contributed by atoms with Crippen LogP contribution in [0.2, 0.25) is 0 Å². The van der Waals surface area contributed by atoms with Crippen molar-refractivity contribution in [3.63, 3.8) is 0 Å². The predicted molar refractivity (Wildman–Crippen MR) is 34.2 cm³/mol. The summed E-state index contributed by atoms with van der Waals surface area (Å²) in [4.78, 5) is 8.30. The van der Waals surface area contributed by atoms with E-state index in [2.05, 4.69) is 4.52 Å². The minimum absolute atomic E-state index is 0.682. The lowest BCUT2D eigenvalue weighted by Gasteiger charge is -1.98. The van der Waals surface area contributed by atoms with E-state index >= 15 is 0 Å². The van der Waals surface area contributed by atoms with Crippen LogP contribution in [-0.4, -0.2) is 4.89 Å². The number of hydrogen-bond donors (Lipinski definition) is 1. The topological polar surface area (TPSA) is 46.5 Å². The van der Waals surface area contributed by atoms with Crippen molar-refractivity contribution in [3.05, 3.63) is 11.8 Å². The summed E-state index contributed by atoms with van der Waals surface area (Å²) < 4.78 is 14.7. The Morgan fingerprint density at radius 1 is 1.78 bits per heavy atom. The maximum Gasteiger partial charge on any atom is 0.364 e. The molecule has 0 heterocycles. The molecule has 0 amide bonds. The molecule has 0 bridgehead atoms. The molecule has 1 rings (SSSR count). The third-order valence-corrected chi connectivity index (χ3v) is 1.65. The Kier molecular flexibility index (Phi) is 2.31. The zero-order chi connectivity index (χ0) is 6.69. The summed E-state index contributed by atoms with van der Waals surface area (Å²) in [5.41, 5.74) is 0. The summed E-state index contributed by atoms with van der Waals surface area (Å²) in [5, 5.41) is 0. The first-order valence-electron chi connectivity index (χ1n) is 2.89. The van der Waals surface area contributed by atoms with Crippen molar-refractivity contribution in [2.75, 3.05) is 0 Å². The lowest BCUT2D eigenvalue weighted by atomic mass is 10.4. The molecule has 9 heavy (non-hydrogen) atoms. The maximum atomic E-state index is 10.1. The molecule has 52 valence electrons. The van der Waals surface area contributed by atoms with E-state index in [1.807, 2.05) is 6.08 Å². The van der Waals surface area contributed by atoms with Gasteiger partial charge in [-0.2, -0.15) is 0 Å². The van der Waals surface area contributed by atoms with Crippen molar-refractivity contribution in [3.8, 4) is 0 Å². The van der Waals surface area contributed by atoms with E-state index < -0.39 is 8.25 Å². The molecule has 0 aliphatic heterocycles. The molecule has 0 saturated heterocycles. The van der Waals surface area contributed by atoms with Gasteiger partial charge >= 0.3 is 8.25 Å². The molecule has 1 unspecified atom stereocenters. The molecule has 0 fully saturated rings. The van der Waals surface area contributed by atoms with E-state index in [1.165, 1.54) is 0 Å². The third-order valence-electron chi connectivity index (χ3n) is 1.22. The van der Waals surface area contributed by atoms with Crippen LogP contribution >= 0.6 is 8.25 Å². The van der Waals surface area contributed by atoms with Gasteiger partial charge in [-0.15, -0.1) is 0 Å². The van der Waals surface area contributed by atoms with Crippen LogP contribution < -0.4 is 0 Å². The van der Waals surface area contributed by atoms with Crippen LogP contribution in [0.3, 0.4) is 0 Å². The molecule has 0 aromatic carbocycles. The van der Waals surface area contributed by atoms with E-state index in [4.69, 9.17) is 4.89 Å². The van der Waals surface area contributed by atoms with Crippen molar-refractivity contribution >= 4 is 8.25 Å². The van der Waals surface area contributed by atoms with Crippen molar-refractivity contribution in [2.45, 2.75) is 19.3 Å². The summed E-state index contributed by atoms with van der Waals surface area (Å²) in [5.74, 6) is 0.682. The highest BCUT2D eigenvalue weighted by molar-refractivity contribution is 7.32. The molecule has 1 atom stereocenters. The van der Waals surface area contributed by atoms with Crippen molar-refractivity contribution in [1.82, 2.24) is 0 Å². The van der Waals surface area contributed by atoms with Gasteiger partial charge in [0, 0.05) is 6.42 Å². The Bertz CT molecular complexity index is 152. The zero-order valence-electron chi connectivity index (χ0n) is 4.96. The van der Waals surface area contributed by atoms with Crippen molar-refractivity contribution in [2.24, 2.45) is 0 Å². The second-order valence-electron chi connectivity index (χ2n) is 1.93.